The van der Waals surface area contributed by atoms with Gasteiger partial charge in [0.05, 0.1) is 0 Å². The van der Waals surface area contributed by atoms with E-state index < -0.39 is 0 Å². The van der Waals surface area contributed by atoms with E-state index in [9.17, 15) is 0 Å². The van der Waals surface area contributed by atoms with Crippen molar-refractivity contribution in [3.05, 3.63) is 255 Å². The molecule has 0 radical (unpaired) electrons. The molecule has 0 aromatic heterocycles. The Kier molecular flexibility index (Phi) is 8.96. The Hall–Kier alpha value is -8.58. The van der Waals surface area contributed by atoms with Crippen molar-refractivity contribution in [1.82, 2.24) is 0 Å². The molecule has 0 heterocycles. The van der Waals surface area contributed by atoms with Gasteiger partial charge in [0.1, 0.15) is 0 Å². The second-order valence-electron chi connectivity index (χ2n) is 17.6. The largest absolute Gasteiger partial charge is 0.0616 e. The highest BCUT2D eigenvalue weighted by Crippen LogP contribution is 2.42. The van der Waals surface area contributed by atoms with E-state index in [1.54, 1.807) is 0 Å². The third-order valence-corrected chi connectivity index (χ3v) is 13.9. The summed E-state index contributed by atoms with van der Waals surface area (Å²) >= 11 is 0. The number of rotatable bonds is 6. The highest BCUT2D eigenvalue weighted by atomic mass is 14.2. The zero-order chi connectivity index (χ0) is 43.6. The summed E-state index contributed by atoms with van der Waals surface area (Å²) in [5.74, 6) is 0. The fourth-order valence-electron chi connectivity index (χ4n) is 10.6. The predicted molar refractivity (Wildman–Crippen MR) is 284 cm³/mol. The Balaban J connectivity index is 0.923. The van der Waals surface area contributed by atoms with Crippen molar-refractivity contribution >= 4 is 64.6 Å². The van der Waals surface area contributed by atoms with Crippen molar-refractivity contribution in [1.29, 1.82) is 0 Å². The summed E-state index contributed by atoms with van der Waals surface area (Å²) in [7, 11) is 0. The molecule has 0 spiro atoms. The Morgan fingerprint density at radius 1 is 0.136 bits per heavy atom. The Morgan fingerprint density at radius 2 is 0.394 bits per heavy atom. The summed E-state index contributed by atoms with van der Waals surface area (Å²) in [6.45, 7) is 0. The number of hydrogen-bond acceptors (Lipinski definition) is 0. The average molecular weight is 835 g/mol. The molecule has 13 aromatic rings. The molecule has 306 valence electrons. The summed E-state index contributed by atoms with van der Waals surface area (Å²) in [6, 6.07) is 94.1. The Labute approximate surface area is 384 Å². The molecule has 0 N–H and O–H groups in total. The van der Waals surface area contributed by atoms with Gasteiger partial charge in [0.25, 0.3) is 0 Å². The van der Waals surface area contributed by atoms with E-state index in [0.29, 0.717) is 0 Å². The van der Waals surface area contributed by atoms with Crippen LogP contribution in [0.15, 0.2) is 255 Å². The topological polar surface area (TPSA) is 0 Å². The summed E-state index contributed by atoms with van der Waals surface area (Å²) in [6.07, 6.45) is 0. The first-order valence-electron chi connectivity index (χ1n) is 22.9. The Bertz CT molecular complexity index is 4000. The number of benzene rings is 13. The lowest BCUT2D eigenvalue weighted by Gasteiger charge is -2.16. The van der Waals surface area contributed by atoms with Crippen LogP contribution in [0.2, 0.25) is 0 Å². The minimum absolute atomic E-state index is 1.18. The summed E-state index contributed by atoms with van der Waals surface area (Å²) in [5, 5.41) is 15.3. The first-order chi connectivity index (χ1) is 32.7. The molecule has 13 rings (SSSR count). The fraction of sp³-hybridized carbons (Fsp3) is 0. The lowest BCUT2D eigenvalue weighted by Crippen LogP contribution is -1.90. The fourth-order valence-corrected chi connectivity index (χ4v) is 10.6. The first-order valence-corrected chi connectivity index (χ1v) is 22.9. The molecule has 0 bridgehead atoms. The molecular weight excluding hydrogens is 793 g/mol. The van der Waals surface area contributed by atoms with Crippen LogP contribution in [-0.4, -0.2) is 0 Å². The van der Waals surface area contributed by atoms with Crippen LogP contribution in [-0.2, 0) is 0 Å². The lowest BCUT2D eigenvalue weighted by atomic mass is 9.88. The molecule has 0 aliphatic carbocycles. The molecule has 0 nitrogen and oxygen atoms in total. The van der Waals surface area contributed by atoms with E-state index in [2.05, 4.69) is 255 Å². The lowest BCUT2D eigenvalue weighted by molar-refractivity contribution is 1.56. The maximum absolute atomic E-state index is 2.39. The van der Waals surface area contributed by atoms with E-state index in [0.717, 1.165) is 0 Å². The third-order valence-electron chi connectivity index (χ3n) is 13.9. The maximum Gasteiger partial charge on any atom is -0.00990 e. The van der Waals surface area contributed by atoms with Crippen LogP contribution in [0.1, 0.15) is 0 Å². The van der Waals surface area contributed by atoms with Crippen molar-refractivity contribution in [2.75, 3.05) is 0 Å². The molecule has 0 unspecified atom stereocenters. The van der Waals surface area contributed by atoms with Crippen LogP contribution in [0, 0.1) is 0 Å². The molecule has 0 fully saturated rings. The van der Waals surface area contributed by atoms with E-state index in [-0.39, 0.29) is 0 Å². The van der Waals surface area contributed by atoms with Crippen molar-refractivity contribution in [3.63, 3.8) is 0 Å². The smallest absolute Gasteiger partial charge is 0.00990 e. The highest BCUT2D eigenvalue weighted by molar-refractivity contribution is 6.16. The van der Waals surface area contributed by atoms with Gasteiger partial charge in [-0.1, -0.05) is 231 Å². The highest BCUT2D eigenvalue weighted by Gasteiger charge is 2.15. The van der Waals surface area contributed by atoms with Gasteiger partial charge in [-0.25, -0.2) is 0 Å². The zero-order valence-electron chi connectivity index (χ0n) is 36.2. The molecular formula is C66H42. The van der Waals surface area contributed by atoms with Crippen molar-refractivity contribution in [3.8, 4) is 66.8 Å². The van der Waals surface area contributed by atoms with Crippen molar-refractivity contribution < 1.29 is 0 Å². The molecule has 13 aromatic carbocycles. The molecule has 66 heavy (non-hydrogen) atoms. The average Bonchev–Trinajstić information content (AvgIpc) is 3.40. The van der Waals surface area contributed by atoms with Gasteiger partial charge in [0, 0.05) is 0 Å². The molecule has 0 atom stereocenters. The van der Waals surface area contributed by atoms with E-state index in [1.165, 1.54) is 131 Å². The van der Waals surface area contributed by atoms with Crippen LogP contribution >= 0.6 is 0 Å². The second-order valence-corrected chi connectivity index (χ2v) is 17.6. The SMILES string of the molecule is c1ccc2c(c1)cc(-c1ccc(-c3ccc(-c4ccc(-c5cc6ccccc6c6ccccc56)cc4)c(-c4ccc(-c5cc6ccccc6c6ccccc56)cc4)c3)cc1)c1ccccc12. The Morgan fingerprint density at radius 3 is 0.758 bits per heavy atom. The maximum atomic E-state index is 2.39. The van der Waals surface area contributed by atoms with Crippen LogP contribution < -0.4 is 0 Å². The van der Waals surface area contributed by atoms with Gasteiger partial charge in [-0.15, -0.1) is 0 Å². The predicted octanol–water partition coefficient (Wildman–Crippen LogP) is 18.6. The number of hydrogen-bond donors (Lipinski definition) is 0. The third kappa shape index (κ3) is 6.38. The monoisotopic (exact) mass is 834 g/mol. The van der Waals surface area contributed by atoms with Gasteiger partial charge in [0.2, 0.25) is 0 Å². The van der Waals surface area contributed by atoms with Crippen molar-refractivity contribution in [2.24, 2.45) is 0 Å². The minimum Gasteiger partial charge on any atom is -0.0616 e. The van der Waals surface area contributed by atoms with Gasteiger partial charge in [-0.3, -0.25) is 0 Å². The normalized spacial score (nSPS) is 11.6. The van der Waals surface area contributed by atoms with Gasteiger partial charge in [-0.2, -0.15) is 0 Å². The standard InChI is InChI=1S/C66H42/c1-4-16-53-50(13-1)40-64(60-22-10-7-19-57(53)60)46-27-25-43(26-28-46)49-37-38-56(44-29-31-47(32-30-44)65-41-51-14-2-5-17-54(51)58-20-8-11-23-61(58)65)63(39-49)45-33-35-48(36-34-45)66-42-52-15-3-6-18-55(52)59-21-9-12-24-62(59)66/h1-42H. The van der Waals surface area contributed by atoms with Crippen LogP contribution in [0.25, 0.3) is 131 Å². The number of fused-ring (bicyclic) bond motifs is 9. The van der Waals surface area contributed by atoms with Crippen LogP contribution in [0.3, 0.4) is 0 Å². The van der Waals surface area contributed by atoms with E-state index in [4.69, 9.17) is 0 Å². The molecule has 0 amide bonds. The van der Waals surface area contributed by atoms with Gasteiger partial charge in [0.15, 0.2) is 0 Å². The first kappa shape index (κ1) is 37.9. The molecule has 0 aliphatic rings. The summed E-state index contributed by atoms with van der Waals surface area (Å²) in [4.78, 5) is 0. The summed E-state index contributed by atoms with van der Waals surface area (Å²) < 4.78 is 0. The quantitative estimate of drug-likeness (QED) is 0.146. The summed E-state index contributed by atoms with van der Waals surface area (Å²) in [5.41, 5.74) is 14.6. The van der Waals surface area contributed by atoms with Crippen LogP contribution in [0.5, 0.6) is 0 Å². The molecule has 0 saturated carbocycles. The zero-order valence-corrected chi connectivity index (χ0v) is 36.2. The second kappa shape index (κ2) is 15.6. The van der Waals surface area contributed by atoms with Gasteiger partial charge < -0.3 is 0 Å². The molecule has 0 heteroatoms. The van der Waals surface area contributed by atoms with Gasteiger partial charge in [-0.05, 0) is 156 Å². The minimum atomic E-state index is 1.18. The van der Waals surface area contributed by atoms with Crippen molar-refractivity contribution in [2.45, 2.75) is 0 Å². The van der Waals surface area contributed by atoms with E-state index >= 15 is 0 Å². The van der Waals surface area contributed by atoms with E-state index in [1.807, 2.05) is 0 Å². The molecule has 0 aliphatic heterocycles. The molecule has 0 saturated heterocycles. The van der Waals surface area contributed by atoms with Gasteiger partial charge >= 0.3 is 0 Å². The van der Waals surface area contributed by atoms with Crippen LogP contribution in [0.4, 0.5) is 0 Å².